The third-order valence-corrected chi connectivity index (χ3v) is 4.01. The summed E-state index contributed by atoms with van der Waals surface area (Å²) in [6.07, 6.45) is 1.06. The van der Waals surface area contributed by atoms with Crippen LogP contribution in [0.5, 0.6) is 5.75 Å². The topological polar surface area (TPSA) is 12.5 Å². The third-order valence-electron chi connectivity index (χ3n) is 4.01. The van der Waals surface area contributed by atoms with E-state index in [4.69, 9.17) is 4.74 Å². The first kappa shape index (κ1) is 16.6. The molecule has 0 heterocycles. The summed E-state index contributed by atoms with van der Waals surface area (Å²) in [7, 11) is 0. The van der Waals surface area contributed by atoms with E-state index in [1.165, 1.54) is 5.56 Å². The van der Waals surface area contributed by atoms with E-state index in [-0.39, 0.29) is 0 Å². The summed E-state index contributed by atoms with van der Waals surface area (Å²) in [4.78, 5) is 2.47. The van der Waals surface area contributed by atoms with E-state index in [0.29, 0.717) is 5.92 Å². The lowest BCUT2D eigenvalue weighted by Gasteiger charge is -2.25. The van der Waals surface area contributed by atoms with Crippen LogP contribution in [-0.4, -0.2) is 31.1 Å². The minimum atomic E-state index is 0.502. The van der Waals surface area contributed by atoms with E-state index >= 15 is 0 Å². The van der Waals surface area contributed by atoms with Gasteiger partial charge in [0, 0.05) is 12.5 Å². The maximum absolute atomic E-state index is 6.00. The van der Waals surface area contributed by atoms with E-state index in [1.54, 1.807) is 0 Å². The van der Waals surface area contributed by atoms with Crippen LogP contribution in [0.25, 0.3) is 0 Å². The van der Waals surface area contributed by atoms with Gasteiger partial charge in [0.25, 0.3) is 0 Å². The van der Waals surface area contributed by atoms with Gasteiger partial charge >= 0.3 is 0 Å². The monoisotopic (exact) mass is 297 g/mol. The first-order valence-corrected chi connectivity index (χ1v) is 8.26. The zero-order valence-electron chi connectivity index (χ0n) is 13.7. The van der Waals surface area contributed by atoms with Crippen LogP contribution in [-0.2, 0) is 6.42 Å². The van der Waals surface area contributed by atoms with Gasteiger partial charge < -0.3 is 9.64 Å². The number of ether oxygens (including phenoxy) is 1. The van der Waals surface area contributed by atoms with Gasteiger partial charge in [-0.05, 0) is 37.2 Å². The largest absolute Gasteiger partial charge is 0.493 e. The number of nitrogens with zero attached hydrogens (tertiary/aromatic N) is 1. The second-order valence-electron chi connectivity index (χ2n) is 5.67. The summed E-state index contributed by atoms with van der Waals surface area (Å²) in [5, 5.41) is 0. The minimum absolute atomic E-state index is 0.502. The van der Waals surface area contributed by atoms with E-state index < -0.39 is 0 Å². The summed E-state index contributed by atoms with van der Waals surface area (Å²) in [6, 6.07) is 20.8. The molecule has 1 unspecified atom stereocenters. The normalized spacial score (nSPS) is 12.3. The van der Waals surface area contributed by atoms with Crippen molar-refractivity contribution in [3.8, 4) is 5.75 Å². The Kier molecular flexibility index (Phi) is 6.98. The van der Waals surface area contributed by atoms with Crippen LogP contribution < -0.4 is 4.74 Å². The van der Waals surface area contributed by atoms with Crippen molar-refractivity contribution in [3.05, 3.63) is 66.2 Å². The van der Waals surface area contributed by atoms with E-state index in [1.807, 2.05) is 30.3 Å². The molecule has 2 aromatic rings. The fourth-order valence-corrected chi connectivity index (χ4v) is 2.70. The van der Waals surface area contributed by atoms with Gasteiger partial charge in [0.2, 0.25) is 0 Å². The van der Waals surface area contributed by atoms with Gasteiger partial charge in [-0.2, -0.15) is 0 Å². The Morgan fingerprint density at radius 3 is 2.05 bits per heavy atom. The molecular formula is C20H27NO. The average Bonchev–Trinajstić information content (AvgIpc) is 2.59. The van der Waals surface area contributed by atoms with Crippen molar-refractivity contribution in [1.29, 1.82) is 0 Å². The van der Waals surface area contributed by atoms with Crippen LogP contribution >= 0.6 is 0 Å². The summed E-state index contributed by atoms with van der Waals surface area (Å²) >= 11 is 0. The van der Waals surface area contributed by atoms with Crippen LogP contribution in [0.1, 0.15) is 19.4 Å². The molecule has 0 aliphatic heterocycles. The number of benzene rings is 2. The predicted octanol–water partition coefficient (Wildman–Crippen LogP) is 4.27. The van der Waals surface area contributed by atoms with Crippen LogP contribution in [0, 0.1) is 5.92 Å². The first-order valence-electron chi connectivity index (χ1n) is 8.26. The van der Waals surface area contributed by atoms with Gasteiger partial charge in [-0.25, -0.2) is 0 Å². The molecule has 0 spiro atoms. The van der Waals surface area contributed by atoms with Crippen molar-refractivity contribution in [2.45, 2.75) is 20.3 Å². The molecule has 118 valence electrons. The SMILES string of the molecule is CCN(CC)CC(COc1ccccc1)Cc1ccccc1. The minimum Gasteiger partial charge on any atom is -0.493 e. The molecule has 0 fully saturated rings. The van der Waals surface area contributed by atoms with Crippen molar-refractivity contribution in [3.63, 3.8) is 0 Å². The second-order valence-corrected chi connectivity index (χ2v) is 5.67. The summed E-state index contributed by atoms with van der Waals surface area (Å²) < 4.78 is 6.00. The molecule has 0 aliphatic carbocycles. The quantitative estimate of drug-likeness (QED) is 0.685. The van der Waals surface area contributed by atoms with Crippen LogP contribution in [0.2, 0.25) is 0 Å². The van der Waals surface area contributed by atoms with Crippen LogP contribution in [0.15, 0.2) is 60.7 Å². The lowest BCUT2D eigenvalue weighted by molar-refractivity contribution is 0.184. The maximum atomic E-state index is 6.00. The van der Waals surface area contributed by atoms with Gasteiger partial charge in [-0.3, -0.25) is 0 Å². The number of hydrogen-bond acceptors (Lipinski definition) is 2. The van der Waals surface area contributed by atoms with E-state index in [9.17, 15) is 0 Å². The van der Waals surface area contributed by atoms with Crippen molar-refractivity contribution in [1.82, 2.24) is 4.90 Å². The molecule has 0 saturated carbocycles. The number of hydrogen-bond donors (Lipinski definition) is 0. The molecular weight excluding hydrogens is 270 g/mol. The third kappa shape index (κ3) is 5.53. The average molecular weight is 297 g/mol. The molecule has 2 nitrogen and oxygen atoms in total. The second kappa shape index (κ2) is 9.26. The highest BCUT2D eigenvalue weighted by Gasteiger charge is 2.14. The standard InChI is InChI=1S/C20H27NO/c1-3-21(4-2)16-19(15-18-11-7-5-8-12-18)17-22-20-13-9-6-10-14-20/h5-14,19H,3-4,15-17H2,1-2H3. The molecule has 0 radical (unpaired) electrons. The summed E-state index contributed by atoms with van der Waals surface area (Å²) in [5.74, 6) is 1.46. The maximum Gasteiger partial charge on any atom is 0.119 e. The number of rotatable bonds is 9. The highest BCUT2D eigenvalue weighted by Crippen LogP contribution is 2.15. The van der Waals surface area contributed by atoms with Gasteiger partial charge in [0.05, 0.1) is 6.61 Å². The zero-order valence-corrected chi connectivity index (χ0v) is 13.7. The Balaban J connectivity index is 1.97. The fourth-order valence-electron chi connectivity index (χ4n) is 2.70. The van der Waals surface area contributed by atoms with Gasteiger partial charge in [0.15, 0.2) is 0 Å². The van der Waals surface area contributed by atoms with Crippen molar-refractivity contribution in [2.75, 3.05) is 26.2 Å². The molecule has 2 heteroatoms. The lowest BCUT2D eigenvalue weighted by atomic mass is 9.99. The van der Waals surface area contributed by atoms with Crippen molar-refractivity contribution >= 4 is 0 Å². The van der Waals surface area contributed by atoms with Gasteiger partial charge in [-0.1, -0.05) is 62.4 Å². The van der Waals surface area contributed by atoms with Gasteiger partial charge in [0.1, 0.15) is 5.75 Å². The molecule has 0 aliphatic rings. The van der Waals surface area contributed by atoms with E-state index in [0.717, 1.165) is 38.4 Å². The Labute approximate surface area is 134 Å². The fraction of sp³-hybridized carbons (Fsp3) is 0.400. The molecule has 1 atom stereocenters. The summed E-state index contributed by atoms with van der Waals surface area (Å²) in [6.45, 7) is 8.46. The van der Waals surface area contributed by atoms with Crippen molar-refractivity contribution < 1.29 is 4.74 Å². The molecule has 0 saturated heterocycles. The Morgan fingerprint density at radius 2 is 1.45 bits per heavy atom. The Bertz CT molecular complexity index is 508. The molecule has 2 rings (SSSR count). The van der Waals surface area contributed by atoms with Gasteiger partial charge in [-0.15, -0.1) is 0 Å². The van der Waals surface area contributed by atoms with Crippen LogP contribution in [0.4, 0.5) is 0 Å². The van der Waals surface area contributed by atoms with Crippen LogP contribution in [0.3, 0.4) is 0 Å². The Hall–Kier alpha value is -1.80. The first-order chi connectivity index (χ1) is 10.8. The lowest BCUT2D eigenvalue weighted by Crippen LogP contribution is -2.33. The molecule has 2 aromatic carbocycles. The summed E-state index contributed by atoms with van der Waals surface area (Å²) in [5.41, 5.74) is 1.39. The molecule has 0 bridgehead atoms. The Morgan fingerprint density at radius 1 is 0.864 bits per heavy atom. The predicted molar refractivity (Wildman–Crippen MR) is 93.4 cm³/mol. The highest BCUT2D eigenvalue weighted by atomic mass is 16.5. The van der Waals surface area contributed by atoms with E-state index in [2.05, 4.69) is 49.1 Å². The molecule has 0 N–H and O–H groups in total. The molecule has 0 amide bonds. The zero-order chi connectivity index (χ0) is 15.6. The molecule has 22 heavy (non-hydrogen) atoms. The number of para-hydroxylation sites is 1. The highest BCUT2D eigenvalue weighted by molar-refractivity contribution is 5.21. The van der Waals surface area contributed by atoms with Crippen molar-refractivity contribution in [2.24, 2.45) is 5.92 Å². The molecule has 0 aromatic heterocycles. The smallest absolute Gasteiger partial charge is 0.119 e.